The van der Waals surface area contributed by atoms with Gasteiger partial charge in [-0.3, -0.25) is 0 Å². The lowest BCUT2D eigenvalue weighted by atomic mass is 10.2. The van der Waals surface area contributed by atoms with Gasteiger partial charge in [0, 0.05) is 5.69 Å². The number of nitrogens with one attached hydrogen (secondary N) is 2. The Hall–Kier alpha value is -4.01. The average molecular weight is 379 g/mol. The fraction of sp³-hybridized carbons (Fsp3) is 0.105. The molecule has 0 aliphatic heterocycles. The Morgan fingerprint density at radius 1 is 0.893 bits per heavy atom. The summed E-state index contributed by atoms with van der Waals surface area (Å²) in [7, 11) is 2.64. The van der Waals surface area contributed by atoms with Crippen molar-refractivity contribution in [1.29, 1.82) is 0 Å². The van der Waals surface area contributed by atoms with Crippen LogP contribution in [0, 0.1) is 0 Å². The van der Waals surface area contributed by atoms with E-state index in [0.717, 1.165) is 0 Å². The highest BCUT2D eigenvalue weighted by Gasteiger charge is 2.12. The van der Waals surface area contributed by atoms with Gasteiger partial charge in [-0.15, -0.1) is 5.10 Å². The molecular formula is C19H17N5O4. The van der Waals surface area contributed by atoms with E-state index in [0.29, 0.717) is 28.3 Å². The third-order valence-corrected chi connectivity index (χ3v) is 3.72. The van der Waals surface area contributed by atoms with E-state index in [4.69, 9.17) is 4.74 Å². The molecule has 0 aliphatic carbocycles. The predicted molar refractivity (Wildman–Crippen MR) is 102 cm³/mol. The summed E-state index contributed by atoms with van der Waals surface area (Å²) < 4.78 is 9.44. The summed E-state index contributed by atoms with van der Waals surface area (Å²) in [5.74, 6) is -0.256. The summed E-state index contributed by atoms with van der Waals surface area (Å²) in [6, 6.07) is 13.5. The molecule has 0 spiro atoms. The molecule has 9 heteroatoms. The van der Waals surface area contributed by atoms with E-state index in [9.17, 15) is 9.59 Å². The Balaban J connectivity index is 1.76. The van der Waals surface area contributed by atoms with Gasteiger partial charge in [-0.25, -0.2) is 9.59 Å². The maximum Gasteiger partial charge on any atom is 0.339 e. The summed E-state index contributed by atoms with van der Waals surface area (Å²) >= 11 is 0. The van der Waals surface area contributed by atoms with Crippen molar-refractivity contribution in [3.63, 3.8) is 0 Å². The number of para-hydroxylation sites is 1. The summed E-state index contributed by atoms with van der Waals surface area (Å²) in [6.45, 7) is 0. The standard InChI is InChI=1S/C19H17N5O4/c1-27-17(25)12-7-9-13(10-8-12)21-16-11-20-24-19(23-16)22-15-6-4-3-5-14(15)18(26)28-2/h3-11H,1-2H3,(H2,21,22,23,24). The van der Waals surface area contributed by atoms with Crippen LogP contribution in [0.25, 0.3) is 0 Å². The summed E-state index contributed by atoms with van der Waals surface area (Å²) in [5, 5.41) is 13.9. The molecule has 0 amide bonds. The maximum atomic E-state index is 11.9. The number of esters is 2. The maximum absolute atomic E-state index is 11.9. The Kier molecular flexibility index (Phi) is 5.75. The minimum Gasteiger partial charge on any atom is -0.465 e. The van der Waals surface area contributed by atoms with E-state index >= 15 is 0 Å². The summed E-state index contributed by atoms with van der Waals surface area (Å²) in [5.41, 5.74) is 1.99. The third kappa shape index (κ3) is 4.39. The first-order valence-electron chi connectivity index (χ1n) is 8.20. The predicted octanol–water partition coefficient (Wildman–Crippen LogP) is 2.93. The fourth-order valence-corrected chi connectivity index (χ4v) is 2.37. The molecule has 0 saturated heterocycles. The van der Waals surface area contributed by atoms with Crippen LogP contribution in [-0.2, 0) is 9.47 Å². The highest BCUT2D eigenvalue weighted by molar-refractivity contribution is 5.96. The zero-order chi connectivity index (χ0) is 19.9. The number of benzene rings is 2. The van der Waals surface area contributed by atoms with Gasteiger partial charge in [0.1, 0.15) is 0 Å². The van der Waals surface area contributed by atoms with Crippen LogP contribution < -0.4 is 10.6 Å². The molecule has 142 valence electrons. The molecular weight excluding hydrogens is 362 g/mol. The van der Waals surface area contributed by atoms with Crippen LogP contribution in [0.4, 0.5) is 23.1 Å². The number of carbonyl (C=O) groups excluding carboxylic acids is 2. The van der Waals surface area contributed by atoms with E-state index in [-0.39, 0.29) is 5.95 Å². The normalized spacial score (nSPS) is 10.1. The van der Waals surface area contributed by atoms with Crippen molar-refractivity contribution in [2.45, 2.75) is 0 Å². The molecule has 9 nitrogen and oxygen atoms in total. The second-order valence-corrected chi connectivity index (χ2v) is 5.52. The van der Waals surface area contributed by atoms with Gasteiger partial charge < -0.3 is 20.1 Å². The monoisotopic (exact) mass is 379 g/mol. The van der Waals surface area contributed by atoms with Crippen LogP contribution in [0.1, 0.15) is 20.7 Å². The number of methoxy groups -OCH3 is 2. The Bertz CT molecular complexity index is 992. The Morgan fingerprint density at radius 2 is 1.61 bits per heavy atom. The van der Waals surface area contributed by atoms with Crippen LogP contribution in [0.5, 0.6) is 0 Å². The SMILES string of the molecule is COC(=O)c1ccc(Nc2cnnc(Nc3ccccc3C(=O)OC)n2)cc1. The number of anilines is 4. The van der Waals surface area contributed by atoms with Gasteiger partial charge in [-0.1, -0.05) is 12.1 Å². The van der Waals surface area contributed by atoms with Crippen molar-refractivity contribution in [3.8, 4) is 0 Å². The van der Waals surface area contributed by atoms with Crippen LogP contribution >= 0.6 is 0 Å². The molecule has 0 unspecified atom stereocenters. The largest absolute Gasteiger partial charge is 0.465 e. The van der Waals surface area contributed by atoms with Gasteiger partial charge in [0.05, 0.1) is 37.2 Å². The van der Waals surface area contributed by atoms with Crippen LogP contribution in [0.2, 0.25) is 0 Å². The van der Waals surface area contributed by atoms with E-state index in [2.05, 4.69) is 30.6 Å². The van der Waals surface area contributed by atoms with E-state index < -0.39 is 11.9 Å². The first-order chi connectivity index (χ1) is 13.6. The molecule has 2 N–H and O–H groups in total. The van der Waals surface area contributed by atoms with Crippen molar-refractivity contribution in [2.24, 2.45) is 0 Å². The highest BCUT2D eigenvalue weighted by Crippen LogP contribution is 2.21. The van der Waals surface area contributed by atoms with E-state index in [1.807, 2.05) is 0 Å². The average Bonchev–Trinajstić information content (AvgIpc) is 2.74. The molecule has 0 fully saturated rings. The molecule has 2 aromatic carbocycles. The second kappa shape index (κ2) is 8.58. The van der Waals surface area contributed by atoms with Crippen molar-refractivity contribution in [3.05, 3.63) is 65.9 Å². The molecule has 0 bridgehead atoms. The molecule has 28 heavy (non-hydrogen) atoms. The molecule has 0 aliphatic rings. The molecule has 3 aromatic rings. The molecule has 0 radical (unpaired) electrons. The zero-order valence-corrected chi connectivity index (χ0v) is 15.2. The van der Waals surface area contributed by atoms with Crippen molar-refractivity contribution in [1.82, 2.24) is 15.2 Å². The molecule has 1 heterocycles. The van der Waals surface area contributed by atoms with Crippen molar-refractivity contribution < 1.29 is 19.1 Å². The first-order valence-corrected chi connectivity index (χ1v) is 8.20. The van der Waals surface area contributed by atoms with Crippen molar-refractivity contribution in [2.75, 3.05) is 24.9 Å². The van der Waals surface area contributed by atoms with Gasteiger partial charge in [0.15, 0.2) is 5.82 Å². The number of carbonyl (C=O) groups is 2. The lowest BCUT2D eigenvalue weighted by molar-refractivity contribution is 0.0592. The summed E-state index contributed by atoms with van der Waals surface area (Å²) in [6.07, 6.45) is 1.45. The van der Waals surface area contributed by atoms with Gasteiger partial charge in [-0.2, -0.15) is 10.1 Å². The molecule has 3 rings (SSSR count). The minimum absolute atomic E-state index is 0.201. The highest BCUT2D eigenvalue weighted by atomic mass is 16.5. The molecule has 1 aromatic heterocycles. The number of rotatable bonds is 6. The number of nitrogens with zero attached hydrogens (tertiary/aromatic N) is 3. The minimum atomic E-state index is -0.476. The molecule has 0 atom stereocenters. The van der Waals surface area contributed by atoms with E-state index in [1.54, 1.807) is 48.5 Å². The van der Waals surface area contributed by atoms with Gasteiger partial charge >= 0.3 is 11.9 Å². The third-order valence-electron chi connectivity index (χ3n) is 3.72. The molecule has 0 saturated carbocycles. The quantitative estimate of drug-likeness (QED) is 0.624. The topological polar surface area (TPSA) is 115 Å². The van der Waals surface area contributed by atoms with Crippen LogP contribution in [0.15, 0.2) is 54.7 Å². The Labute approximate surface area is 160 Å². The zero-order valence-electron chi connectivity index (χ0n) is 15.2. The van der Waals surface area contributed by atoms with Gasteiger partial charge in [0.25, 0.3) is 0 Å². The lowest BCUT2D eigenvalue weighted by Gasteiger charge is -2.10. The van der Waals surface area contributed by atoms with Crippen LogP contribution in [-0.4, -0.2) is 41.3 Å². The number of aromatic nitrogens is 3. The van der Waals surface area contributed by atoms with Gasteiger partial charge in [-0.05, 0) is 36.4 Å². The lowest BCUT2D eigenvalue weighted by Crippen LogP contribution is -2.08. The van der Waals surface area contributed by atoms with Crippen molar-refractivity contribution >= 4 is 35.1 Å². The van der Waals surface area contributed by atoms with E-state index in [1.165, 1.54) is 20.4 Å². The second-order valence-electron chi connectivity index (χ2n) is 5.52. The Morgan fingerprint density at radius 3 is 2.32 bits per heavy atom. The first kappa shape index (κ1) is 18.8. The summed E-state index contributed by atoms with van der Waals surface area (Å²) in [4.78, 5) is 27.7. The number of hydrogen-bond acceptors (Lipinski definition) is 9. The number of hydrogen-bond donors (Lipinski definition) is 2. The number of ether oxygens (including phenoxy) is 2. The van der Waals surface area contributed by atoms with Crippen LogP contribution in [0.3, 0.4) is 0 Å². The smallest absolute Gasteiger partial charge is 0.339 e. The fourth-order valence-electron chi connectivity index (χ4n) is 2.37. The van der Waals surface area contributed by atoms with Gasteiger partial charge in [0.2, 0.25) is 5.95 Å².